The molecule has 2 aliphatic heterocycles. The molecule has 0 N–H and O–H groups in total. The molecule has 0 amide bonds. The third-order valence-corrected chi connectivity index (χ3v) is 12.9. The lowest BCUT2D eigenvalue weighted by atomic mass is 9.79. The van der Waals surface area contributed by atoms with Gasteiger partial charge in [0.05, 0.1) is 5.56 Å². The lowest BCUT2D eigenvalue weighted by Gasteiger charge is -2.45. The van der Waals surface area contributed by atoms with Gasteiger partial charge in [0.15, 0.2) is 5.60 Å². The fraction of sp³-hybridized carbons (Fsp3) is 0.321. The van der Waals surface area contributed by atoms with Gasteiger partial charge >= 0.3 is 5.97 Å². The SMILES string of the molecule is CN(C)c1ccc2c(c1)[Si](C)(CCCI)c1cc(N(C)C)ccc1C21OC(=O)c2ccccc21. The second-order valence-electron chi connectivity index (χ2n) is 9.99. The summed E-state index contributed by atoms with van der Waals surface area (Å²) >= 11 is 2.50. The Morgan fingerprint density at radius 3 is 1.94 bits per heavy atom. The third-order valence-electron chi connectivity index (χ3n) is 7.57. The number of rotatable bonds is 5. The van der Waals surface area contributed by atoms with Crippen LogP contribution in [-0.4, -0.2) is 46.7 Å². The summed E-state index contributed by atoms with van der Waals surface area (Å²) in [5, 5.41) is 2.77. The van der Waals surface area contributed by atoms with E-state index < -0.39 is 13.7 Å². The van der Waals surface area contributed by atoms with E-state index in [0.717, 1.165) is 27.2 Å². The maximum absolute atomic E-state index is 13.2. The molecule has 34 heavy (non-hydrogen) atoms. The van der Waals surface area contributed by atoms with E-state index in [2.05, 4.69) is 110 Å². The van der Waals surface area contributed by atoms with E-state index in [4.69, 9.17) is 4.74 Å². The van der Waals surface area contributed by atoms with E-state index in [1.165, 1.54) is 28.2 Å². The molecular weight excluding hydrogens is 551 g/mol. The van der Waals surface area contributed by atoms with Gasteiger partial charge in [0, 0.05) is 56.3 Å². The van der Waals surface area contributed by atoms with Crippen molar-refractivity contribution in [3.8, 4) is 0 Å². The number of nitrogens with zero attached hydrogens (tertiary/aromatic N) is 2. The van der Waals surface area contributed by atoms with Gasteiger partial charge in [-0.1, -0.05) is 59.5 Å². The van der Waals surface area contributed by atoms with Crippen molar-refractivity contribution in [2.45, 2.75) is 24.6 Å². The largest absolute Gasteiger partial charge is 0.441 e. The van der Waals surface area contributed by atoms with E-state index in [-0.39, 0.29) is 5.97 Å². The highest BCUT2D eigenvalue weighted by Crippen LogP contribution is 2.49. The Hall–Kier alpha value is -2.32. The molecule has 2 heterocycles. The third kappa shape index (κ3) is 3.25. The molecule has 0 fully saturated rings. The zero-order chi connectivity index (χ0) is 24.3. The Morgan fingerprint density at radius 1 is 0.853 bits per heavy atom. The lowest BCUT2D eigenvalue weighted by molar-refractivity contribution is 0.0255. The highest BCUT2D eigenvalue weighted by molar-refractivity contribution is 14.1. The molecule has 1 spiro atoms. The molecule has 0 unspecified atom stereocenters. The summed E-state index contributed by atoms with van der Waals surface area (Å²) in [6.07, 6.45) is 1.17. The van der Waals surface area contributed by atoms with Gasteiger partial charge < -0.3 is 14.5 Å². The Balaban J connectivity index is 1.91. The molecule has 0 saturated heterocycles. The first kappa shape index (κ1) is 23.4. The molecule has 0 aliphatic carbocycles. The number of anilines is 2. The Morgan fingerprint density at radius 2 is 1.41 bits per heavy atom. The van der Waals surface area contributed by atoms with Crippen molar-refractivity contribution < 1.29 is 9.53 Å². The fourth-order valence-corrected chi connectivity index (χ4v) is 11.2. The molecule has 176 valence electrons. The van der Waals surface area contributed by atoms with Gasteiger partial charge in [-0.05, 0) is 57.6 Å². The molecule has 2 aliphatic rings. The van der Waals surface area contributed by atoms with Crippen molar-refractivity contribution in [3.63, 3.8) is 0 Å². The molecule has 3 aromatic carbocycles. The molecule has 4 nitrogen and oxygen atoms in total. The molecular formula is C28H31IN2O2Si. The summed E-state index contributed by atoms with van der Waals surface area (Å²) < 4.78 is 7.60. The first-order valence-corrected chi connectivity index (χ1v) is 16.0. The van der Waals surface area contributed by atoms with Crippen LogP contribution >= 0.6 is 22.6 Å². The highest BCUT2D eigenvalue weighted by Gasteiger charge is 2.56. The van der Waals surface area contributed by atoms with Crippen LogP contribution in [0.3, 0.4) is 0 Å². The highest BCUT2D eigenvalue weighted by atomic mass is 127. The molecule has 0 radical (unpaired) electrons. The summed E-state index contributed by atoms with van der Waals surface area (Å²) in [5.74, 6) is -0.238. The summed E-state index contributed by atoms with van der Waals surface area (Å²) in [4.78, 5) is 17.5. The number of benzene rings is 3. The Kier molecular flexibility index (Phi) is 5.79. The molecule has 6 heteroatoms. The molecule has 5 rings (SSSR count). The summed E-state index contributed by atoms with van der Waals surface area (Å²) in [6, 6.07) is 22.6. The fourth-order valence-electron chi connectivity index (χ4n) is 5.74. The van der Waals surface area contributed by atoms with Gasteiger partial charge in [0.25, 0.3) is 0 Å². The first-order chi connectivity index (χ1) is 16.2. The molecule has 0 saturated carbocycles. The molecule has 0 bridgehead atoms. The van der Waals surface area contributed by atoms with E-state index in [0.29, 0.717) is 5.56 Å². The first-order valence-electron chi connectivity index (χ1n) is 11.8. The minimum Gasteiger partial charge on any atom is -0.441 e. The zero-order valence-corrected chi connectivity index (χ0v) is 23.6. The van der Waals surface area contributed by atoms with Crippen molar-refractivity contribution in [1.82, 2.24) is 0 Å². The minimum absolute atomic E-state index is 0.238. The van der Waals surface area contributed by atoms with Crippen LogP contribution < -0.4 is 20.2 Å². The second kappa shape index (κ2) is 8.41. The maximum Gasteiger partial charge on any atom is 0.340 e. The number of hydrogen-bond acceptors (Lipinski definition) is 4. The van der Waals surface area contributed by atoms with Crippen LogP contribution in [0.15, 0.2) is 60.7 Å². The van der Waals surface area contributed by atoms with Crippen LogP contribution in [0, 0.1) is 0 Å². The summed E-state index contributed by atoms with van der Waals surface area (Å²) in [5.41, 5.74) is 5.39. The smallest absolute Gasteiger partial charge is 0.340 e. The Labute approximate surface area is 217 Å². The van der Waals surface area contributed by atoms with Gasteiger partial charge in [-0.3, -0.25) is 0 Å². The quantitative estimate of drug-likeness (QED) is 0.191. The molecule has 0 aromatic heterocycles. The van der Waals surface area contributed by atoms with Crippen LogP contribution in [0.25, 0.3) is 0 Å². The van der Waals surface area contributed by atoms with Gasteiger partial charge in [0.1, 0.15) is 8.07 Å². The average Bonchev–Trinajstić information content (AvgIpc) is 3.14. The van der Waals surface area contributed by atoms with Crippen LogP contribution in [-0.2, 0) is 10.3 Å². The van der Waals surface area contributed by atoms with E-state index >= 15 is 0 Å². The van der Waals surface area contributed by atoms with Gasteiger partial charge in [-0.15, -0.1) is 0 Å². The second-order valence-corrected chi connectivity index (χ2v) is 15.3. The zero-order valence-electron chi connectivity index (χ0n) is 20.5. The van der Waals surface area contributed by atoms with E-state index in [1.54, 1.807) is 0 Å². The van der Waals surface area contributed by atoms with Crippen molar-refractivity contribution in [3.05, 3.63) is 82.9 Å². The molecule has 3 aromatic rings. The van der Waals surface area contributed by atoms with Gasteiger partial charge in [0.2, 0.25) is 0 Å². The number of carbonyl (C=O) groups is 1. The maximum atomic E-state index is 13.2. The van der Waals surface area contributed by atoms with Crippen molar-refractivity contribution in [2.24, 2.45) is 0 Å². The van der Waals surface area contributed by atoms with Crippen LogP contribution in [0.2, 0.25) is 12.6 Å². The van der Waals surface area contributed by atoms with Gasteiger partial charge in [-0.2, -0.15) is 0 Å². The standard InChI is InChI=1S/C28H31IN2O2Si/c1-30(2)19-11-13-23-25(17-19)34(5,16-8-15-29)26-18-20(31(3)4)12-14-24(26)28(23)22-10-7-6-9-21(22)27(32)33-28/h6-7,9-14,17-18H,8,15-16H2,1-5H3. The number of alkyl halides is 1. The van der Waals surface area contributed by atoms with Crippen LogP contribution in [0.1, 0.15) is 33.5 Å². The predicted octanol–water partition coefficient (Wildman–Crippen LogP) is 4.61. The normalized spacial score (nSPS) is 22.1. The monoisotopic (exact) mass is 582 g/mol. The average molecular weight is 583 g/mol. The summed E-state index contributed by atoms with van der Waals surface area (Å²) in [7, 11) is 6.22. The van der Waals surface area contributed by atoms with Crippen molar-refractivity contribution in [2.75, 3.05) is 42.4 Å². The number of fused-ring (bicyclic) bond motifs is 6. The number of hydrogen-bond donors (Lipinski definition) is 0. The van der Waals surface area contributed by atoms with Crippen molar-refractivity contribution >= 4 is 58.4 Å². The van der Waals surface area contributed by atoms with Crippen LogP contribution in [0.4, 0.5) is 11.4 Å². The number of carbonyl (C=O) groups excluding carboxylic acids is 1. The Bertz CT molecular complexity index is 1230. The van der Waals surface area contributed by atoms with Crippen molar-refractivity contribution in [1.29, 1.82) is 0 Å². The molecule has 0 atom stereocenters. The van der Waals surface area contributed by atoms with Gasteiger partial charge in [-0.25, -0.2) is 4.79 Å². The predicted molar refractivity (Wildman–Crippen MR) is 152 cm³/mol. The number of halogens is 1. The van der Waals surface area contributed by atoms with Crippen LogP contribution in [0.5, 0.6) is 0 Å². The summed E-state index contributed by atoms with van der Waals surface area (Å²) in [6.45, 7) is 2.51. The van der Waals surface area contributed by atoms with E-state index in [9.17, 15) is 4.79 Å². The number of ether oxygens (including phenoxy) is 1. The lowest BCUT2D eigenvalue weighted by Crippen LogP contribution is -2.65. The number of esters is 1. The van der Waals surface area contributed by atoms with E-state index in [1.807, 2.05) is 18.2 Å². The topological polar surface area (TPSA) is 32.8 Å². The minimum atomic E-state index is -2.14.